The summed E-state index contributed by atoms with van der Waals surface area (Å²) in [7, 11) is 1.91. The van der Waals surface area contributed by atoms with Crippen LogP contribution in [-0.2, 0) is 11.8 Å². The Morgan fingerprint density at radius 3 is 3.00 bits per heavy atom. The molecule has 0 spiro atoms. The van der Waals surface area contributed by atoms with Crippen LogP contribution in [0.1, 0.15) is 48.2 Å². The lowest BCUT2D eigenvalue weighted by Gasteiger charge is -2.23. The van der Waals surface area contributed by atoms with E-state index in [4.69, 9.17) is 4.52 Å². The zero-order valence-corrected chi connectivity index (χ0v) is 12.9. The second-order valence-electron chi connectivity index (χ2n) is 6.45. The van der Waals surface area contributed by atoms with Crippen molar-refractivity contribution in [3.05, 3.63) is 35.5 Å². The summed E-state index contributed by atoms with van der Waals surface area (Å²) >= 11 is 0. The molecule has 1 aliphatic heterocycles. The van der Waals surface area contributed by atoms with E-state index in [9.17, 15) is 4.79 Å². The highest BCUT2D eigenvalue weighted by molar-refractivity contribution is 5.83. The number of hydrogen-bond donors (Lipinski definition) is 0. The largest absolute Gasteiger partial charge is 0.361 e. The van der Waals surface area contributed by atoms with E-state index in [1.807, 2.05) is 37.3 Å². The number of likely N-dealkylation sites (tertiary alicyclic amines) is 1. The SMILES string of the molecule is Cc1cc([C@@H]2CCCN2C(=O)[C@@H]2C[C@H]2c2cnn(C)c2)no1. The Hall–Kier alpha value is -2.11. The van der Waals surface area contributed by atoms with Gasteiger partial charge in [0.15, 0.2) is 0 Å². The molecule has 2 fully saturated rings. The van der Waals surface area contributed by atoms with Crippen molar-refractivity contribution < 1.29 is 9.32 Å². The Bertz CT molecular complexity index is 705. The normalized spacial score (nSPS) is 27.4. The van der Waals surface area contributed by atoms with Gasteiger partial charge < -0.3 is 9.42 Å². The predicted molar refractivity (Wildman–Crippen MR) is 79.0 cm³/mol. The molecule has 1 aliphatic carbocycles. The first-order valence-corrected chi connectivity index (χ1v) is 7.85. The third kappa shape index (κ3) is 2.23. The van der Waals surface area contributed by atoms with Crippen molar-refractivity contribution in [2.24, 2.45) is 13.0 Å². The van der Waals surface area contributed by atoms with Crippen LogP contribution in [0.5, 0.6) is 0 Å². The molecule has 1 amide bonds. The molecule has 1 saturated carbocycles. The van der Waals surface area contributed by atoms with Gasteiger partial charge in [-0.1, -0.05) is 5.16 Å². The molecule has 0 aromatic carbocycles. The smallest absolute Gasteiger partial charge is 0.226 e. The van der Waals surface area contributed by atoms with Crippen LogP contribution < -0.4 is 0 Å². The standard InChI is InChI=1S/C16H20N4O2/c1-10-6-14(18-22-10)15-4-3-5-20(15)16(21)13-7-12(13)11-8-17-19(2)9-11/h6,8-9,12-13,15H,3-5,7H2,1-2H3/t12-,13+,15-/m0/s1. The zero-order chi connectivity index (χ0) is 15.3. The number of aryl methyl sites for hydroxylation is 2. The summed E-state index contributed by atoms with van der Waals surface area (Å²) in [5.74, 6) is 1.50. The van der Waals surface area contributed by atoms with Crippen molar-refractivity contribution in [1.29, 1.82) is 0 Å². The average molecular weight is 300 g/mol. The maximum absolute atomic E-state index is 12.8. The van der Waals surface area contributed by atoms with E-state index in [0.717, 1.165) is 37.3 Å². The van der Waals surface area contributed by atoms with Crippen LogP contribution in [0.25, 0.3) is 0 Å². The van der Waals surface area contributed by atoms with Crippen molar-refractivity contribution in [2.45, 2.75) is 38.1 Å². The molecule has 0 radical (unpaired) electrons. The average Bonchev–Trinajstić information content (AvgIpc) is 2.85. The van der Waals surface area contributed by atoms with E-state index >= 15 is 0 Å². The summed E-state index contributed by atoms with van der Waals surface area (Å²) in [5.41, 5.74) is 2.07. The maximum Gasteiger partial charge on any atom is 0.226 e. The molecule has 0 N–H and O–H groups in total. The summed E-state index contributed by atoms with van der Waals surface area (Å²) in [4.78, 5) is 14.8. The summed E-state index contributed by atoms with van der Waals surface area (Å²) in [5, 5.41) is 8.31. The monoisotopic (exact) mass is 300 g/mol. The lowest BCUT2D eigenvalue weighted by molar-refractivity contribution is -0.133. The number of hydrogen-bond acceptors (Lipinski definition) is 4. The highest BCUT2D eigenvalue weighted by Gasteiger charge is 2.48. The van der Waals surface area contributed by atoms with Crippen LogP contribution in [0.2, 0.25) is 0 Å². The van der Waals surface area contributed by atoms with E-state index in [0.29, 0.717) is 5.92 Å². The minimum Gasteiger partial charge on any atom is -0.361 e. The summed E-state index contributed by atoms with van der Waals surface area (Å²) in [6.07, 6.45) is 6.83. The molecule has 116 valence electrons. The molecule has 1 saturated heterocycles. The van der Waals surface area contributed by atoms with Gasteiger partial charge >= 0.3 is 0 Å². The van der Waals surface area contributed by atoms with Crippen molar-refractivity contribution >= 4 is 5.91 Å². The molecule has 6 heteroatoms. The summed E-state index contributed by atoms with van der Waals surface area (Å²) in [6, 6.07) is 2.03. The first-order valence-electron chi connectivity index (χ1n) is 7.85. The molecule has 3 heterocycles. The molecule has 3 atom stereocenters. The quantitative estimate of drug-likeness (QED) is 0.871. The third-order valence-electron chi connectivity index (χ3n) is 4.78. The number of carbonyl (C=O) groups is 1. The van der Waals surface area contributed by atoms with Crippen LogP contribution in [0.15, 0.2) is 23.0 Å². The number of aromatic nitrogens is 3. The lowest BCUT2D eigenvalue weighted by atomic mass is 10.1. The van der Waals surface area contributed by atoms with Crippen LogP contribution in [0, 0.1) is 12.8 Å². The zero-order valence-electron chi connectivity index (χ0n) is 12.9. The van der Waals surface area contributed by atoms with E-state index in [1.165, 1.54) is 5.56 Å². The Balaban J connectivity index is 1.48. The van der Waals surface area contributed by atoms with Crippen molar-refractivity contribution in [3.8, 4) is 0 Å². The highest BCUT2D eigenvalue weighted by atomic mass is 16.5. The predicted octanol–water partition coefficient (Wildman–Crippen LogP) is 2.18. The fourth-order valence-corrected chi connectivity index (χ4v) is 3.56. The molecule has 0 bridgehead atoms. The Labute approximate surface area is 129 Å². The first kappa shape index (κ1) is 13.5. The number of carbonyl (C=O) groups excluding carboxylic acids is 1. The molecule has 4 rings (SSSR count). The number of rotatable bonds is 3. The van der Waals surface area contributed by atoms with Gasteiger partial charge in [0.1, 0.15) is 11.5 Å². The van der Waals surface area contributed by atoms with E-state index < -0.39 is 0 Å². The molecule has 2 aromatic heterocycles. The topological polar surface area (TPSA) is 64.2 Å². The summed E-state index contributed by atoms with van der Waals surface area (Å²) < 4.78 is 6.97. The van der Waals surface area contributed by atoms with Gasteiger partial charge in [0.25, 0.3) is 0 Å². The van der Waals surface area contributed by atoms with E-state index in [-0.39, 0.29) is 17.9 Å². The second kappa shape index (κ2) is 4.97. The minimum atomic E-state index is 0.0834. The van der Waals surface area contributed by atoms with Crippen LogP contribution in [0.3, 0.4) is 0 Å². The van der Waals surface area contributed by atoms with E-state index in [1.54, 1.807) is 4.68 Å². The van der Waals surface area contributed by atoms with Gasteiger partial charge in [-0.25, -0.2) is 0 Å². The van der Waals surface area contributed by atoms with Gasteiger partial charge in [-0.15, -0.1) is 0 Å². The Kier molecular flexibility index (Phi) is 3.06. The summed E-state index contributed by atoms with van der Waals surface area (Å²) in [6.45, 7) is 2.71. The molecule has 0 unspecified atom stereocenters. The number of amides is 1. The van der Waals surface area contributed by atoms with Gasteiger partial charge in [0.2, 0.25) is 5.91 Å². The fourth-order valence-electron chi connectivity index (χ4n) is 3.56. The molecule has 2 aliphatic rings. The second-order valence-corrected chi connectivity index (χ2v) is 6.45. The third-order valence-corrected chi connectivity index (χ3v) is 4.78. The first-order chi connectivity index (χ1) is 10.6. The highest BCUT2D eigenvalue weighted by Crippen LogP contribution is 2.50. The van der Waals surface area contributed by atoms with Gasteiger partial charge in [0.05, 0.1) is 12.2 Å². The van der Waals surface area contributed by atoms with Crippen LogP contribution in [0.4, 0.5) is 0 Å². The van der Waals surface area contributed by atoms with Gasteiger partial charge in [-0.05, 0) is 37.7 Å². The van der Waals surface area contributed by atoms with Gasteiger partial charge in [0, 0.05) is 31.8 Å². The molecular weight excluding hydrogens is 280 g/mol. The maximum atomic E-state index is 12.8. The van der Waals surface area contributed by atoms with Gasteiger partial charge in [-0.2, -0.15) is 5.10 Å². The molecule has 2 aromatic rings. The van der Waals surface area contributed by atoms with Gasteiger partial charge in [-0.3, -0.25) is 9.48 Å². The molecular formula is C16H20N4O2. The van der Waals surface area contributed by atoms with Crippen molar-refractivity contribution in [2.75, 3.05) is 6.54 Å². The van der Waals surface area contributed by atoms with Crippen molar-refractivity contribution in [1.82, 2.24) is 19.8 Å². The lowest BCUT2D eigenvalue weighted by Crippen LogP contribution is -2.32. The van der Waals surface area contributed by atoms with Crippen LogP contribution in [-0.4, -0.2) is 32.3 Å². The van der Waals surface area contributed by atoms with Crippen molar-refractivity contribution in [3.63, 3.8) is 0 Å². The Morgan fingerprint density at radius 1 is 1.45 bits per heavy atom. The molecule has 6 nitrogen and oxygen atoms in total. The van der Waals surface area contributed by atoms with E-state index in [2.05, 4.69) is 10.3 Å². The Morgan fingerprint density at radius 2 is 2.32 bits per heavy atom. The van der Waals surface area contributed by atoms with Crippen LogP contribution >= 0.6 is 0 Å². The fraction of sp³-hybridized carbons (Fsp3) is 0.562. The molecule has 22 heavy (non-hydrogen) atoms. The number of nitrogens with zero attached hydrogens (tertiary/aromatic N) is 4. The minimum absolute atomic E-state index is 0.0834.